The Balaban J connectivity index is 2.29. The first-order chi connectivity index (χ1) is 10.4. The molecule has 5 heteroatoms. The summed E-state index contributed by atoms with van der Waals surface area (Å²) in [7, 11) is 0. The first-order valence-electron chi connectivity index (χ1n) is 7.23. The summed E-state index contributed by atoms with van der Waals surface area (Å²) < 4.78 is 1.48. The number of aryl methyl sites for hydroxylation is 1. The Bertz CT molecular complexity index is 717. The third-order valence-electron chi connectivity index (χ3n) is 3.48. The second kappa shape index (κ2) is 6.47. The Morgan fingerprint density at radius 2 is 1.82 bits per heavy atom. The number of benzene rings is 1. The average molecular weight is 299 g/mol. The van der Waals surface area contributed by atoms with Gasteiger partial charge in [0.1, 0.15) is 6.04 Å². The molecule has 1 aromatic heterocycles. The van der Waals surface area contributed by atoms with Crippen LogP contribution in [-0.2, 0) is 4.79 Å². The average Bonchev–Trinajstić information content (AvgIpc) is 2.44. The van der Waals surface area contributed by atoms with Gasteiger partial charge in [0.15, 0.2) is 0 Å². The van der Waals surface area contributed by atoms with Gasteiger partial charge in [-0.2, -0.15) is 0 Å². The van der Waals surface area contributed by atoms with Crippen LogP contribution in [0.25, 0.3) is 0 Å². The highest BCUT2D eigenvalue weighted by Gasteiger charge is 2.24. The summed E-state index contributed by atoms with van der Waals surface area (Å²) in [4.78, 5) is 24.7. The van der Waals surface area contributed by atoms with E-state index in [1.165, 1.54) is 10.6 Å². The van der Waals surface area contributed by atoms with Gasteiger partial charge in [-0.1, -0.05) is 13.8 Å². The quantitative estimate of drug-likeness (QED) is 0.852. The number of nitrogens with one attached hydrogen (secondary N) is 1. The van der Waals surface area contributed by atoms with Crippen LogP contribution in [0.3, 0.4) is 0 Å². The Morgan fingerprint density at radius 3 is 2.36 bits per heavy atom. The van der Waals surface area contributed by atoms with E-state index in [1.807, 2.05) is 26.8 Å². The number of aromatic nitrogens is 1. The van der Waals surface area contributed by atoms with Crippen molar-refractivity contribution in [3.8, 4) is 0 Å². The Morgan fingerprint density at radius 1 is 1.18 bits per heavy atom. The van der Waals surface area contributed by atoms with Crippen LogP contribution in [0.2, 0.25) is 0 Å². The van der Waals surface area contributed by atoms with Gasteiger partial charge < -0.3 is 15.6 Å². The Kier molecular flexibility index (Phi) is 4.65. The second-order valence-corrected chi connectivity index (χ2v) is 5.75. The fraction of sp³-hybridized carbons (Fsp3) is 0.294. The van der Waals surface area contributed by atoms with Crippen molar-refractivity contribution in [1.29, 1.82) is 0 Å². The third-order valence-corrected chi connectivity index (χ3v) is 3.48. The highest BCUT2D eigenvalue weighted by molar-refractivity contribution is 5.94. The van der Waals surface area contributed by atoms with Crippen LogP contribution in [0.15, 0.2) is 47.4 Å². The van der Waals surface area contributed by atoms with Crippen molar-refractivity contribution >= 4 is 17.3 Å². The molecule has 0 saturated carbocycles. The lowest BCUT2D eigenvalue weighted by Crippen LogP contribution is -2.36. The lowest BCUT2D eigenvalue weighted by Gasteiger charge is -2.23. The fourth-order valence-corrected chi connectivity index (χ4v) is 2.35. The van der Waals surface area contributed by atoms with E-state index in [0.29, 0.717) is 11.4 Å². The summed E-state index contributed by atoms with van der Waals surface area (Å²) in [5.41, 5.74) is 7.63. The molecule has 2 aromatic rings. The Hall–Kier alpha value is -2.56. The number of anilines is 2. The molecule has 1 heterocycles. The predicted molar refractivity (Wildman–Crippen MR) is 88.8 cm³/mol. The molecule has 2 rings (SSSR count). The van der Waals surface area contributed by atoms with E-state index in [-0.39, 0.29) is 17.4 Å². The van der Waals surface area contributed by atoms with Crippen molar-refractivity contribution in [3.63, 3.8) is 0 Å². The number of hydrogen-bond acceptors (Lipinski definition) is 3. The molecule has 5 nitrogen and oxygen atoms in total. The molecule has 0 aliphatic rings. The molecule has 0 fully saturated rings. The van der Waals surface area contributed by atoms with E-state index in [0.717, 1.165) is 5.56 Å². The van der Waals surface area contributed by atoms with Crippen LogP contribution in [0, 0.1) is 12.8 Å². The molecule has 116 valence electrons. The van der Waals surface area contributed by atoms with Gasteiger partial charge in [-0.15, -0.1) is 0 Å². The minimum Gasteiger partial charge on any atom is -0.399 e. The summed E-state index contributed by atoms with van der Waals surface area (Å²) in [5.74, 6) is -0.236. The minimum absolute atomic E-state index is 0.0193. The van der Waals surface area contributed by atoms with Crippen LogP contribution in [0.5, 0.6) is 0 Å². The van der Waals surface area contributed by atoms with E-state index >= 15 is 0 Å². The number of carbonyl (C=O) groups is 1. The van der Waals surface area contributed by atoms with Gasteiger partial charge in [0.25, 0.3) is 5.56 Å². The van der Waals surface area contributed by atoms with Crippen LogP contribution in [0.4, 0.5) is 11.4 Å². The van der Waals surface area contributed by atoms with E-state index in [9.17, 15) is 9.59 Å². The van der Waals surface area contributed by atoms with E-state index < -0.39 is 6.04 Å². The maximum absolute atomic E-state index is 12.6. The molecule has 0 spiro atoms. The molecule has 1 amide bonds. The zero-order valence-corrected chi connectivity index (χ0v) is 13.0. The van der Waals surface area contributed by atoms with Crippen molar-refractivity contribution < 1.29 is 4.79 Å². The zero-order valence-electron chi connectivity index (χ0n) is 13.0. The first-order valence-corrected chi connectivity index (χ1v) is 7.23. The Labute approximate surface area is 129 Å². The molecular weight excluding hydrogens is 278 g/mol. The molecule has 0 aliphatic carbocycles. The number of amides is 1. The third kappa shape index (κ3) is 3.55. The van der Waals surface area contributed by atoms with Crippen molar-refractivity contribution in [2.24, 2.45) is 5.92 Å². The number of pyridine rings is 1. The number of carbonyl (C=O) groups excluding carboxylic acids is 1. The minimum atomic E-state index is -0.564. The second-order valence-electron chi connectivity index (χ2n) is 5.75. The van der Waals surface area contributed by atoms with Gasteiger partial charge >= 0.3 is 0 Å². The van der Waals surface area contributed by atoms with Gasteiger partial charge in [0, 0.05) is 23.6 Å². The normalized spacial score (nSPS) is 12.2. The predicted octanol–water partition coefficient (Wildman–Crippen LogP) is 2.57. The number of nitrogens with two attached hydrogens (primary N) is 1. The van der Waals surface area contributed by atoms with E-state index in [1.54, 1.807) is 30.5 Å². The van der Waals surface area contributed by atoms with Crippen molar-refractivity contribution in [2.45, 2.75) is 26.8 Å². The molecule has 0 radical (unpaired) electrons. The molecule has 3 N–H and O–H groups in total. The molecule has 0 bridgehead atoms. The van der Waals surface area contributed by atoms with Crippen molar-refractivity contribution in [3.05, 3.63) is 58.5 Å². The van der Waals surface area contributed by atoms with Crippen molar-refractivity contribution in [2.75, 3.05) is 11.1 Å². The highest BCUT2D eigenvalue weighted by Crippen LogP contribution is 2.19. The van der Waals surface area contributed by atoms with Gasteiger partial charge in [0.05, 0.1) is 0 Å². The van der Waals surface area contributed by atoms with Crippen LogP contribution in [-0.4, -0.2) is 10.5 Å². The first kappa shape index (κ1) is 15.8. The molecule has 22 heavy (non-hydrogen) atoms. The van der Waals surface area contributed by atoms with Gasteiger partial charge in [-0.25, -0.2) is 0 Å². The number of nitrogen functional groups attached to an aromatic ring is 1. The summed E-state index contributed by atoms with van der Waals surface area (Å²) in [5, 5.41) is 2.84. The van der Waals surface area contributed by atoms with Crippen LogP contribution in [0.1, 0.15) is 25.5 Å². The van der Waals surface area contributed by atoms with Crippen LogP contribution >= 0.6 is 0 Å². The molecule has 1 aromatic carbocycles. The molecular formula is C17H21N3O2. The topological polar surface area (TPSA) is 77.1 Å². The fourth-order valence-electron chi connectivity index (χ4n) is 2.35. The van der Waals surface area contributed by atoms with E-state index in [2.05, 4.69) is 5.32 Å². The SMILES string of the molecule is Cc1ccn(C(C(=O)Nc2ccc(N)cc2)C(C)C)c(=O)c1. The van der Waals surface area contributed by atoms with Crippen molar-refractivity contribution in [1.82, 2.24) is 4.57 Å². The molecule has 1 atom stereocenters. The van der Waals surface area contributed by atoms with Crippen LogP contribution < -0.4 is 16.6 Å². The smallest absolute Gasteiger partial charge is 0.251 e. The number of nitrogens with zero attached hydrogens (tertiary/aromatic N) is 1. The monoisotopic (exact) mass is 299 g/mol. The standard InChI is InChI=1S/C17H21N3O2/c1-11(2)16(20-9-8-12(3)10-15(20)21)17(22)19-14-6-4-13(18)5-7-14/h4-11,16H,18H2,1-3H3,(H,19,22). The maximum Gasteiger partial charge on any atom is 0.251 e. The van der Waals surface area contributed by atoms with Gasteiger partial charge in [-0.3, -0.25) is 9.59 Å². The number of rotatable bonds is 4. The summed E-state index contributed by atoms with van der Waals surface area (Å²) in [6, 6.07) is 9.71. The number of hydrogen-bond donors (Lipinski definition) is 2. The largest absolute Gasteiger partial charge is 0.399 e. The highest BCUT2D eigenvalue weighted by atomic mass is 16.2. The van der Waals surface area contributed by atoms with Gasteiger partial charge in [0.2, 0.25) is 5.91 Å². The molecule has 0 saturated heterocycles. The van der Waals surface area contributed by atoms with Gasteiger partial charge in [-0.05, 0) is 48.7 Å². The summed E-state index contributed by atoms with van der Waals surface area (Å²) in [6.45, 7) is 5.68. The summed E-state index contributed by atoms with van der Waals surface area (Å²) >= 11 is 0. The van der Waals surface area contributed by atoms with E-state index in [4.69, 9.17) is 5.73 Å². The maximum atomic E-state index is 12.6. The molecule has 1 unspecified atom stereocenters. The lowest BCUT2D eigenvalue weighted by molar-refractivity contribution is -0.120. The summed E-state index contributed by atoms with van der Waals surface area (Å²) in [6.07, 6.45) is 1.67. The lowest BCUT2D eigenvalue weighted by atomic mass is 10.0. The zero-order chi connectivity index (χ0) is 16.3. The molecule has 0 aliphatic heterocycles.